The average Bonchev–Trinajstić information content (AvgIpc) is 2.50. The largest absolute Gasteiger partial charge is 0.507 e. The van der Waals surface area contributed by atoms with E-state index in [-0.39, 0.29) is 23.3 Å². The molecule has 1 aliphatic carbocycles. The Morgan fingerprint density at radius 3 is 2.38 bits per heavy atom. The summed E-state index contributed by atoms with van der Waals surface area (Å²) in [7, 11) is 0. The number of hydrogen-bond acceptors (Lipinski definition) is 3. The normalized spacial score (nSPS) is 23.8. The molecule has 0 aliphatic heterocycles. The number of rotatable bonds is 6. The van der Waals surface area contributed by atoms with Crippen LogP contribution in [0.2, 0.25) is 0 Å². The predicted octanol–water partition coefficient (Wildman–Crippen LogP) is 4.82. The third-order valence-corrected chi connectivity index (χ3v) is 5.11. The van der Waals surface area contributed by atoms with Crippen molar-refractivity contribution in [3.63, 3.8) is 0 Å². The molecule has 0 radical (unpaired) electrons. The molecule has 3 heteroatoms. The number of phenols is 2. The molecule has 0 saturated carbocycles. The molecule has 3 N–H and O–H groups in total. The van der Waals surface area contributed by atoms with Gasteiger partial charge in [0.15, 0.2) is 0 Å². The van der Waals surface area contributed by atoms with Gasteiger partial charge in [0.2, 0.25) is 0 Å². The fourth-order valence-electron chi connectivity index (χ4n) is 3.62. The lowest BCUT2D eigenvalue weighted by Crippen LogP contribution is -2.26. The molecule has 0 spiro atoms. The van der Waals surface area contributed by atoms with E-state index in [1.807, 2.05) is 19.9 Å². The van der Waals surface area contributed by atoms with Crippen LogP contribution in [0.25, 0.3) is 0 Å². The first kappa shape index (κ1) is 18.6. The summed E-state index contributed by atoms with van der Waals surface area (Å²) in [6.07, 6.45) is 6.24. The standard InChI is InChI=1S/C21H30O3/c1-5-6-7-8-15-10-19(23)21(20(24)11-15)17-9-14(4)18(22)12-16(17)13(2)3/h9-11,16-18,22-24H,2,5-8,12H2,1,3-4H3/t16-,17?,18?/m0/s1. The van der Waals surface area contributed by atoms with E-state index in [0.717, 1.165) is 42.4 Å². The lowest BCUT2D eigenvalue weighted by Gasteiger charge is -2.34. The zero-order valence-electron chi connectivity index (χ0n) is 15.0. The lowest BCUT2D eigenvalue weighted by atomic mass is 9.72. The minimum Gasteiger partial charge on any atom is -0.507 e. The van der Waals surface area contributed by atoms with Gasteiger partial charge in [0.1, 0.15) is 11.5 Å². The number of hydrogen-bond donors (Lipinski definition) is 3. The van der Waals surface area contributed by atoms with Crippen LogP contribution in [0, 0.1) is 5.92 Å². The summed E-state index contributed by atoms with van der Waals surface area (Å²) in [5.41, 5.74) is 3.34. The van der Waals surface area contributed by atoms with Gasteiger partial charge in [-0.1, -0.05) is 38.0 Å². The monoisotopic (exact) mass is 330 g/mol. The summed E-state index contributed by atoms with van der Waals surface area (Å²) in [5, 5.41) is 31.2. The molecule has 0 saturated heterocycles. The van der Waals surface area contributed by atoms with Gasteiger partial charge in [-0.25, -0.2) is 0 Å². The molecule has 24 heavy (non-hydrogen) atoms. The number of benzene rings is 1. The first-order valence-corrected chi connectivity index (χ1v) is 8.91. The highest BCUT2D eigenvalue weighted by molar-refractivity contribution is 5.52. The second-order valence-corrected chi connectivity index (χ2v) is 7.15. The second-order valence-electron chi connectivity index (χ2n) is 7.15. The molecule has 2 unspecified atom stereocenters. The van der Waals surface area contributed by atoms with E-state index < -0.39 is 6.10 Å². The molecule has 1 aliphatic rings. The Morgan fingerprint density at radius 2 is 1.83 bits per heavy atom. The van der Waals surface area contributed by atoms with Crippen molar-refractivity contribution >= 4 is 0 Å². The van der Waals surface area contributed by atoms with Crippen molar-refractivity contribution in [2.75, 3.05) is 0 Å². The van der Waals surface area contributed by atoms with Crippen molar-refractivity contribution < 1.29 is 15.3 Å². The number of aromatic hydroxyl groups is 2. The van der Waals surface area contributed by atoms with E-state index in [9.17, 15) is 15.3 Å². The quantitative estimate of drug-likeness (QED) is 0.518. The molecule has 0 aromatic heterocycles. The van der Waals surface area contributed by atoms with Crippen LogP contribution in [0.4, 0.5) is 0 Å². The first-order valence-electron chi connectivity index (χ1n) is 8.91. The summed E-state index contributed by atoms with van der Waals surface area (Å²) in [5.74, 6) is 0.124. The third-order valence-electron chi connectivity index (χ3n) is 5.11. The van der Waals surface area contributed by atoms with Crippen LogP contribution in [-0.2, 0) is 6.42 Å². The van der Waals surface area contributed by atoms with Gasteiger partial charge in [0, 0.05) is 11.5 Å². The van der Waals surface area contributed by atoms with Crippen LogP contribution < -0.4 is 0 Å². The van der Waals surface area contributed by atoms with E-state index in [1.54, 1.807) is 12.1 Å². The van der Waals surface area contributed by atoms with Gasteiger partial charge in [0.05, 0.1) is 6.10 Å². The Balaban J connectivity index is 2.37. The van der Waals surface area contributed by atoms with Gasteiger partial charge in [-0.05, 0) is 62.3 Å². The Labute approximate surface area is 145 Å². The van der Waals surface area contributed by atoms with E-state index in [0.29, 0.717) is 12.0 Å². The minimum absolute atomic E-state index is 0.00596. The number of aliphatic hydroxyl groups excluding tert-OH is 1. The molecule has 132 valence electrons. The van der Waals surface area contributed by atoms with Crippen LogP contribution in [-0.4, -0.2) is 21.4 Å². The highest BCUT2D eigenvalue weighted by Crippen LogP contribution is 2.46. The van der Waals surface area contributed by atoms with Crippen LogP contribution >= 0.6 is 0 Å². The number of unbranched alkanes of at least 4 members (excludes halogenated alkanes) is 2. The Bertz CT molecular complexity index is 607. The van der Waals surface area contributed by atoms with Crippen molar-refractivity contribution in [1.82, 2.24) is 0 Å². The summed E-state index contributed by atoms with van der Waals surface area (Å²) < 4.78 is 0. The van der Waals surface area contributed by atoms with Crippen LogP contribution in [0.15, 0.2) is 35.9 Å². The van der Waals surface area contributed by atoms with Crippen molar-refractivity contribution in [2.45, 2.75) is 64.9 Å². The fraction of sp³-hybridized carbons (Fsp3) is 0.524. The number of phenolic OH excluding ortho intramolecular Hbond substituents is 2. The van der Waals surface area contributed by atoms with E-state index in [4.69, 9.17) is 0 Å². The Morgan fingerprint density at radius 1 is 1.21 bits per heavy atom. The second kappa shape index (κ2) is 7.89. The topological polar surface area (TPSA) is 60.7 Å². The maximum absolute atomic E-state index is 10.6. The minimum atomic E-state index is -0.486. The summed E-state index contributed by atoms with van der Waals surface area (Å²) >= 11 is 0. The molecule has 1 aromatic rings. The van der Waals surface area contributed by atoms with Gasteiger partial charge in [-0.2, -0.15) is 0 Å². The molecule has 0 fully saturated rings. The zero-order valence-corrected chi connectivity index (χ0v) is 15.0. The average molecular weight is 330 g/mol. The number of allylic oxidation sites excluding steroid dienone is 2. The van der Waals surface area contributed by atoms with Gasteiger partial charge < -0.3 is 15.3 Å². The van der Waals surface area contributed by atoms with Crippen molar-refractivity contribution in [3.8, 4) is 11.5 Å². The van der Waals surface area contributed by atoms with Crippen LogP contribution in [0.5, 0.6) is 11.5 Å². The first-order chi connectivity index (χ1) is 11.3. The van der Waals surface area contributed by atoms with E-state index >= 15 is 0 Å². The molecule has 0 bridgehead atoms. The molecule has 3 atom stereocenters. The van der Waals surface area contributed by atoms with Gasteiger partial charge in [-0.3, -0.25) is 0 Å². The maximum atomic E-state index is 10.6. The number of aryl methyl sites for hydroxylation is 1. The smallest absolute Gasteiger partial charge is 0.123 e. The predicted molar refractivity (Wildman–Crippen MR) is 98.4 cm³/mol. The van der Waals surface area contributed by atoms with Gasteiger partial charge in [0.25, 0.3) is 0 Å². The van der Waals surface area contributed by atoms with Crippen molar-refractivity contribution in [2.24, 2.45) is 5.92 Å². The summed E-state index contributed by atoms with van der Waals surface area (Å²) in [6.45, 7) is 10.0. The van der Waals surface area contributed by atoms with Crippen molar-refractivity contribution in [1.29, 1.82) is 0 Å². The molecule has 1 aromatic carbocycles. The Hall–Kier alpha value is -1.74. The third kappa shape index (κ3) is 4.02. The summed E-state index contributed by atoms with van der Waals surface area (Å²) in [6, 6.07) is 3.54. The molecule has 3 nitrogen and oxygen atoms in total. The van der Waals surface area contributed by atoms with Crippen LogP contribution in [0.1, 0.15) is 63.5 Å². The van der Waals surface area contributed by atoms with Crippen LogP contribution in [0.3, 0.4) is 0 Å². The molecule has 2 rings (SSSR count). The highest BCUT2D eigenvalue weighted by atomic mass is 16.3. The molecular formula is C21H30O3. The Kier molecular flexibility index (Phi) is 6.11. The highest BCUT2D eigenvalue weighted by Gasteiger charge is 2.33. The number of aliphatic hydroxyl groups is 1. The molecule has 0 amide bonds. The van der Waals surface area contributed by atoms with Gasteiger partial charge in [-0.15, -0.1) is 0 Å². The maximum Gasteiger partial charge on any atom is 0.123 e. The van der Waals surface area contributed by atoms with Gasteiger partial charge >= 0.3 is 0 Å². The van der Waals surface area contributed by atoms with E-state index in [1.165, 1.54) is 0 Å². The lowest BCUT2D eigenvalue weighted by molar-refractivity contribution is 0.168. The fourth-order valence-corrected chi connectivity index (χ4v) is 3.62. The van der Waals surface area contributed by atoms with E-state index in [2.05, 4.69) is 13.5 Å². The molecular weight excluding hydrogens is 300 g/mol. The summed E-state index contributed by atoms with van der Waals surface area (Å²) in [4.78, 5) is 0. The SMILES string of the molecule is C=C(C)[C@@H]1CC(O)C(C)=CC1c1c(O)cc(CCCCC)cc1O. The molecule has 0 heterocycles. The van der Waals surface area contributed by atoms with Crippen molar-refractivity contribution in [3.05, 3.63) is 47.1 Å². The zero-order chi connectivity index (χ0) is 17.9.